The number of ether oxygens (including phenoxy) is 1. The molecule has 4 aromatic rings. The second-order valence-electron chi connectivity index (χ2n) is 10.6. The molecule has 4 aliphatic carbocycles. The van der Waals surface area contributed by atoms with Crippen molar-refractivity contribution in [3.05, 3.63) is 68.6 Å². The molecule has 2 heterocycles. The van der Waals surface area contributed by atoms with Crippen molar-refractivity contribution in [3.63, 3.8) is 0 Å². The Bertz CT molecular complexity index is 1430. The van der Waals surface area contributed by atoms with Crippen LogP contribution in [0.3, 0.4) is 0 Å². The third-order valence-corrected chi connectivity index (χ3v) is 10.4. The second kappa shape index (κ2) is 8.52. The van der Waals surface area contributed by atoms with Gasteiger partial charge in [0.05, 0.1) is 27.0 Å². The molecule has 36 heavy (non-hydrogen) atoms. The molecule has 0 saturated heterocycles. The average molecular weight is 543 g/mol. The summed E-state index contributed by atoms with van der Waals surface area (Å²) < 4.78 is 27.8. The molecular formula is C28H25Cl2FN2O2S. The lowest BCUT2D eigenvalue weighted by Crippen LogP contribution is -2.49. The molecule has 0 radical (unpaired) electrons. The van der Waals surface area contributed by atoms with E-state index in [9.17, 15) is 4.39 Å². The highest BCUT2D eigenvalue weighted by molar-refractivity contribution is 7.18. The van der Waals surface area contributed by atoms with Crippen LogP contribution in [0.5, 0.6) is 0 Å². The molecule has 0 aliphatic heterocycles. The van der Waals surface area contributed by atoms with E-state index in [0.717, 1.165) is 72.4 Å². The maximum atomic E-state index is 14.3. The van der Waals surface area contributed by atoms with Gasteiger partial charge in [-0.1, -0.05) is 40.5 Å². The molecule has 4 fully saturated rings. The van der Waals surface area contributed by atoms with E-state index in [1.807, 2.05) is 24.3 Å². The molecule has 2 aromatic carbocycles. The highest BCUT2D eigenvalue weighted by Gasteiger charge is 2.52. The molecule has 0 amide bonds. The van der Waals surface area contributed by atoms with Crippen LogP contribution in [0, 0.1) is 5.82 Å². The van der Waals surface area contributed by atoms with E-state index in [1.165, 1.54) is 6.07 Å². The highest BCUT2D eigenvalue weighted by Crippen LogP contribution is 2.56. The first-order valence-electron chi connectivity index (χ1n) is 12.6. The van der Waals surface area contributed by atoms with E-state index in [1.54, 1.807) is 17.4 Å². The third-order valence-electron chi connectivity index (χ3n) is 8.49. The topological polar surface area (TPSA) is 48.2 Å². The van der Waals surface area contributed by atoms with Crippen molar-refractivity contribution < 1.29 is 13.7 Å². The number of rotatable bonds is 6. The average Bonchev–Trinajstić information content (AvgIpc) is 3.49. The number of thiazole rings is 1. The first-order valence-corrected chi connectivity index (χ1v) is 14.2. The van der Waals surface area contributed by atoms with Crippen LogP contribution in [0.1, 0.15) is 73.6 Å². The molecule has 186 valence electrons. The maximum Gasteiger partial charge on any atom is 0.150 e. The van der Waals surface area contributed by atoms with Crippen molar-refractivity contribution >= 4 is 44.8 Å². The van der Waals surface area contributed by atoms with Crippen LogP contribution in [0.2, 0.25) is 10.0 Å². The van der Waals surface area contributed by atoms with Gasteiger partial charge in [-0.2, -0.15) is 0 Å². The highest BCUT2D eigenvalue weighted by atomic mass is 35.5. The molecule has 2 aromatic heterocycles. The van der Waals surface area contributed by atoms with E-state index in [-0.39, 0.29) is 16.8 Å². The van der Waals surface area contributed by atoms with Gasteiger partial charge in [0.2, 0.25) is 0 Å². The summed E-state index contributed by atoms with van der Waals surface area (Å²) in [6, 6.07) is 10.7. The number of nitrogens with zero attached hydrogens (tertiary/aromatic N) is 2. The van der Waals surface area contributed by atoms with E-state index < -0.39 is 0 Å². The lowest BCUT2D eigenvalue weighted by atomic mass is 9.59. The van der Waals surface area contributed by atoms with Crippen molar-refractivity contribution in [2.24, 2.45) is 0 Å². The van der Waals surface area contributed by atoms with E-state index in [0.29, 0.717) is 39.3 Å². The number of hydrogen-bond donors (Lipinski definition) is 0. The zero-order valence-electron chi connectivity index (χ0n) is 19.7. The van der Waals surface area contributed by atoms with Gasteiger partial charge in [0.1, 0.15) is 27.8 Å². The van der Waals surface area contributed by atoms with Crippen LogP contribution >= 0.6 is 34.5 Å². The van der Waals surface area contributed by atoms with Crippen LogP contribution in [0.4, 0.5) is 4.39 Å². The summed E-state index contributed by atoms with van der Waals surface area (Å²) in [5.41, 5.74) is 2.77. The van der Waals surface area contributed by atoms with Gasteiger partial charge in [-0.25, -0.2) is 9.37 Å². The van der Waals surface area contributed by atoms with Gasteiger partial charge in [0, 0.05) is 22.5 Å². The van der Waals surface area contributed by atoms with Gasteiger partial charge >= 0.3 is 0 Å². The summed E-state index contributed by atoms with van der Waals surface area (Å²) in [5, 5.41) is 6.61. The Morgan fingerprint density at radius 1 is 1.00 bits per heavy atom. The van der Waals surface area contributed by atoms with Crippen molar-refractivity contribution in [2.75, 3.05) is 0 Å². The normalized spacial score (nSPS) is 25.6. The molecular weight excluding hydrogens is 518 g/mol. The van der Waals surface area contributed by atoms with Crippen molar-refractivity contribution in [1.29, 1.82) is 0 Å². The van der Waals surface area contributed by atoms with Gasteiger partial charge in [-0.05, 0) is 75.6 Å². The van der Waals surface area contributed by atoms with Gasteiger partial charge in [-0.3, -0.25) is 0 Å². The minimum absolute atomic E-state index is 0.0356. The van der Waals surface area contributed by atoms with E-state index >= 15 is 0 Å². The van der Waals surface area contributed by atoms with Crippen molar-refractivity contribution in [3.8, 4) is 11.3 Å². The monoisotopic (exact) mass is 542 g/mol. The molecule has 4 aliphatic rings. The Morgan fingerprint density at radius 2 is 1.69 bits per heavy atom. The van der Waals surface area contributed by atoms with Crippen LogP contribution in [-0.4, -0.2) is 15.7 Å². The SMILES string of the molecule is Fc1cccc2sc(C34CCC(OCc5c(-c6c(Cl)cccc6Cl)noc5C5CC5)(CC3)CC4)nc12. The largest absolute Gasteiger partial charge is 0.370 e. The summed E-state index contributed by atoms with van der Waals surface area (Å²) >= 11 is 14.7. The summed E-state index contributed by atoms with van der Waals surface area (Å²) in [7, 11) is 0. The van der Waals surface area contributed by atoms with Crippen LogP contribution < -0.4 is 0 Å². The van der Waals surface area contributed by atoms with Gasteiger partial charge in [0.15, 0.2) is 0 Å². The number of benzene rings is 2. The Balaban J connectivity index is 1.14. The Kier molecular flexibility index (Phi) is 5.48. The Labute approximate surface area is 222 Å². The van der Waals surface area contributed by atoms with E-state index in [2.05, 4.69) is 5.16 Å². The van der Waals surface area contributed by atoms with Gasteiger partial charge in [-0.15, -0.1) is 11.3 Å². The lowest BCUT2D eigenvalue weighted by Gasteiger charge is -2.52. The number of fused-ring (bicyclic) bond motifs is 4. The van der Waals surface area contributed by atoms with E-state index in [4.69, 9.17) is 37.4 Å². The molecule has 8 rings (SSSR count). The first-order chi connectivity index (χ1) is 17.5. The molecule has 0 N–H and O–H groups in total. The Hall–Kier alpha value is -1.99. The molecule has 0 unspecified atom stereocenters. The summed E-state index contributed by atoms with van der Waals surface area (Å²) in [6.45, 7) is 0.436. The van der Waals surface area contributed by atoms with Crippen LogP contribution in [-0.2, 0) is 16.8 Å². The molecule has 4 nitrogen and oxygen atoms in total. The molecule has 8 heteroatoms. The summed E-state index contributed by atoms with van der Waals surface area (Å²) in [4.78, 5) is 4.77. The third kappa shape index (κ3) is 3.72. The van der Waals surface area contributed by atoms with Gasteiger partial charge < -0.3 is 9.26 Å². The number of halogens is 3. The fourth-order valence-electron chi connectivity index (χ4n) is 6.10. The number of para-hydroxylation sites is 1. The van der Waals surface area contributed by atoms with Gasteiger partial charge in [0.25, 0.3) is 0 Å². The fraction of sp³-hybridized carbons (Fsp3) is 0.429. The summed E-state index contributed by atoms with van der Waals surface area (Å²) in [5.74, 6) is 1.08. The van der Waals surface area contributed by atoms with Crippen LogP contribution in [0.15, 0.2) is 40.9 Å². The molecule has 2 bridgehead atoms. The fourth-order valence-corrected chi connectivity index (χ4v) is 7.93. The van der Waals surface area contributed by atoms with Crippen molar-refractivity contribution in [2.45, 2.75) is 74.9 Å². The molecule has 0 spiro atoms. The smallest absolute Gasteiger partial charge is 0.150 e. The predicted molar refractivity (Wildman–Crippen MR) is 140 cm³/mol. The minimum atomic E-state index is -0.231. The standard InChI is InChI=1S/C28H25Cl2FN2O2S/c29-18-3-1-4-19(30)22(18)23-17(25(35-33-23)16-7-8-16)15-34-28-12-9-27(10-13-28,11-14-28)26-32-24-20(31)5-2-6-21(24)36-26/h1-6,16H,7-15H2. The number of hydrogen-bond acceptors (Lipinski definition) is 5. The maximum absolute atomic E-state index is 14.3. The zero-order valence-corrected chi connectivity index (χ0v) is 22.0. The zero-order chi connectivity index (χ0) is 24.5. The van der Waals surface area contributed by atoms with Crippen molar-refractivity contribution in [1.82, 2.24) is 10.1 Å². The lowest BCUT2D eigenvalue weighted by molar-refractivity contribution is -0.127. The second-order valence-corrected chi connectivity index (χ2v) is 12.4. The predicted octanol–water partition coefficient (Wildman–Crippen LogP) is 8.84. The minimum Gasteiger partial charge on any atom is -0.370 e. The quantitative estimate of drug-likeness (QED) is 0.244. The van der Waals surface area contributed by atoms with Crippen LogP contribution in [0.25, 0.3) is 21.5 Å². The Morgan fingerprint density at radius 3 is 2.36 bits per heavy atom. The number of aromatic nitrogens is 2. The molecule has 0 atom stereocenters. The summed E-state index contributed by atoms with van der Waals surface area (Å²) in [6.07, 6.45) is 8.15. The molecule has 4 saturated carbocycles. The first kappa shape index (κ1) is 23.2.